The van der Waals surface area contributed by atoms with Gasteiger partial charge in [-0.2, -0.15) is 0 Å². The maximum Gasteiger partial charge on any atom is 0.187 e. The highest BCUT2D eigenvalue weighted by atomic mass is 32.2. The van der Waals surface area contributed by atoms with Crippen LogP contribution in [0.3, 0.4) is 0 Å². The van der Waals surface area contributed by atoms with E-state index in [4.69, 9.17) is 0 Å². The largest absolute Gasteiger partial charge is 0.768 e. The number of nitrogens with zero attached hydrogens (tertiary/aromatic N) is 1. The zero-order chi connectivity index (χ0) is 19.9. The van der Waals surface area contributed by atoms with Crippen LogP contribution in [-0.2, 0) is 33.7 Å². The van der Waals surface area contributed by atoms with Gasteiger partial charge in [0.15, 0.2) is 11.1 Å². The number of aromatic nitrogens is 1. The Kier molecular flexibility index (Phi) is 7.83. The van der Waals surface area contributed by atoms with E-state index in [1.165, 1.54) is 23.5 Å². The van der Waals surface area contributed by atoms with Crippen molar-refractivity contribution in [2.75, 3.05) is 0 Å². The summed E-state index contributed by atoms with van der Waals surface area (Å²) in [5.74, 6) is 1.11. The third-order valence-electron chi connectivity index (χ3n) is 3.68. The van der Waals surface area contributed by atoms with Crippen molar-refractivity contribution in [3.8, 4) is 0 Å². The minimum Gasteiger partial charge on any atom is -0.768 e. The molecule has 0 fully saturated rings. The highest BCUT2D eigenvalue weighted by Crippen LogP contribution is 2.29. The summed E-state index contributed by atoms with van der Waals surface area (Å²) in [5, 5.41) is 0. The lowest BCUT2D eigenvalue weighted by Crippen LogP contribution is -1.96. The van der Waals surface area contributed by atoms with Crippen molar-refractivity contribution < 1.29 is 17.5 Å². The zero-order valence-corrected chi connectivity index (χ0v) is 17.8. The van der Waals surface area contributed by atoms with Crippen molar-refractivity contribution in [3.63, 3.8) is 0 Å². The lowest BCUT2D eigenvalue weighted by atomic mass is 10.3. The lowest BCUT2D eigenvalue weighted by Gasteiger charge is -2.11. The molecule has 0 saturated heterocycles. The van der Waals surface area contributed by atoms with Crippen molar-refractivity contribution in [2.45, 2.75) is 31.1 Å². The molecule has 9 heteroatoms. The van der Waals surface area contributed by atoms with Crippen LogP contribution in [0.15, 0.2) is 86.3 Å². The predicted octanol–water partition coefficient (Wildman–Crippen LogP) is 4.48. The van der Waals surface area contributed by atoms with Gasteiger partial charge in [-0.1, -0.05) is 30.3 Å². The van der Waals surface area contributed by atoms with Crippen molar-refractivity contribution in [1.29, 1.82) is 0 Å². The van der Waals surface area contributed by atoms with Gasteiger partial charge in [-0.05, 0) is 47.5 Å². The Morgan fingerprint density at radius 1 is 0.786 bits per heavy atom. The summed E-state index contributed by atoms with van der Waals surface area (Å²) in [5.41, 5.74) is 1.69. The molecule has 28 heavy (non-hydrogen) atoms. The van der Waals surface area contributed by atoms with Gasteiger partial charge in [-0.25, -0.2) is 4.21 Å². The van der Waals surface area contributed by atoms with E-state index in [0.29, 0.717) is 21.3 Å². The molecular formula is C19H16NO4S4-. The summed E-state index contributed by atoms with van der Waals surface area (Å²) in [4.78, 5) is 6.73. The standard InChI is InChI=1S/C19H17NO4S4/c21-27(22)18-10-3-1-8-16(18)25-12-14-6-5-7-15(20-14)13-26-17-9-2-4-11-19(17)28(23)24/h1-11H,12-13H2,(H,21,22)(H,23,24)/p-1. The van der Waals surface area contributed by atoms with Crippen LogP contribution in [0.5, 0.6) is 0 Å². The number of benzene rings is 2. The average molecular weight is 451 g/mol. The average Bonchev–Trinajstić information content (AvgIpc) is 2.71. The number of hydrogen-bond donors (Lipinski definition) is 1. The molecule has 0 bridgehead atoms. The second kappa shape index (κ2) is 10.3. The summed E-state index contributed by atoms with van der Waals surface area (Å²) in [6.07, 6.45) is 0. The molecule has 2 unspecified atom stereocenters. The van der Waals surface area contributed by atoms with Crippen LogP contribution >= 0.6 is 23.5 Å². The van der Waals surface area contributed by atoms with Crippen molar-refractivity contribution in [3.05, 3.63) is 78.1 Å². The van der Waals surface area contributed by atoms with E-state index in [9.17, 15) is 17.5 Å². The molecule has 146 valence electrons. The predicted molar refractivity (Wildman–Crippen MR) is 112 cm³/mol. The van der Waals surface area contributed by atoms with Crippen LogP contribution in [-0.4, -0.2) is 22.5 Å². The van der Waals surface area contributed by atoms with Crippen molar-refractivity contribution in [2.24, 2.45) is 0 Å². The Hall–Kier alpha value is -1.49. The lowest BCUT2D eigenvalue weighted by molar-refractivity contribution is 0.535. The first-order valence-electron chi connectivity index (χ1n) is 8.13. The van der Waals surface area contributed by atoms with Gasteiger partial charge in [0.05, 0.1) is 16.3 Å². The van der Waals surface area contributed by atoms with Gasteiger partial charge in [0.1, 0.15) is 0 Å². The molecule has 3 rings (SSSR count). The Morgan fingerprint density at radius 3 is 1.82 bits per heavy atom. The van der Waals surface area contributed by atoms with E-state index in [-0.39, 0.29) is 4.90 Å². The SMILES string of the molecule is O=S([O-])c1ccccc1SCc1cccc(CSc2ccccc2S(=O)O)n1. The molecule has 0 spiro atoms. The Morgan fingerprint density at radius 2 is 1.29 bits per heavy atom. The first-order valence-corrected chi connectivity index (χ1v) is 12.3. The summed E-state index contributed by atoms with van der Waals surface area (Å²) >= 11 is -1.42. The fourth-order valence-corrected chi connectivity index (χ4v) is 5.74. The van der Waals surface area contributed by atoms with E-state index >= 15 is 0 Å². The number of hydrogen-bond acceptors (Lipinski definition) is 6. The smallest absolute Gasteiger partial charge is 0.187 e. The molecule has 0 radical (unpaired) electrons. The fourth-order valence-electron chi connectivity index (χ4n) is 2.41. The molecule has 0 aliphatic carbocycles. The minimum absolute atomic E-state index is 0.285. The van der Waals surface area contributed by atoms with E-state index in [0.717, 1.165) is 16.3 Å². The molecule has 2 atom stereocenters. The number of pyridine rings is 1. The third-order valence-corrected chi connectivity index (χ3v) is 7.60. The molecule has 0 aliphatic heterocycles. The highest BCUT2D eigenvalue weighted by Gasteiger charge is 2.09. The van der Waals surface area contributed by atoms with Gasteiger partial charge in [-0.15, -0.1) is 23.5 Å². The topological polar surface area (TPSA) is 90.3 Å². The maximum absolute atomic E-state index is 11.4. The van der Waals surface area contributed by atoms with Gasteiger partial charge in [0.2, 0.25) is 0 Å². The van der Waals surface area contributed by atoms with E-state index in [1.807, 2.05) is 36.4 Å². The fraction of sp³-hybridized carbons (Fsp3) is 0.105. The molecular weight excluding hydrogens is 434 g/mol. The first-order chi connectivity index (χ1) is 13.5. The Labute approximate surface area is 176 Å². The molecule has 3 aromatic rings. The summed E-state index contributed by atoms with van der Waals surface area (Å²) in [7, 11) is 0. The zero-order valence-electron chi connectivity index (χ0n) is 14.5. The Balaban J connectivity index is 1.67. The van der Waals surface area contributed by atoms with Gasteiger partial charge in [0.25, 0.3) is 0 Å². The molecule has 1 N–H and O–H groups in total. The quantitative estimate of drug-likeness (QED) is 0.399. The van der Waals surface area contributed by atoms with E-state index in [2.05, 4.69) is 4.98 Å². The van der Waals surface area contributed by atoms with Crippen LogP contribution in [0.25, 0.3) is 0 Å². The van der Waals surface area contributed by atoms with Gasteiger partial charge >= 0.3 is 0 Å². The maximum atomic E-state index is 11.4. The molecule has 0 amide bonds. The Bertz CT molecular complexity index is 936. The van der Waals surface area contributed by atoms with Crippen molar-refractivity contribution in [1.82, 2.24) is 4.98 Å². The number of thioether (sulfide) groups is 2. The second-order valence-corrected chi connectivity index (χ2v) is 9.46. The van der Waals surface area contributed by atoms with Crippen LogP contribution < -0.4 is 0 Å². The monoisotopic (exact) mass is 450 g/mol. The summed E-state index contributed by atoms with van der Waals surface area (Å²) in [6.45, 7) is 0. The van der Waals surface area contributed by atoms with E-state index < -0.39 is 22.2 Å². The van der Waals surface area contributed by atoms with Crippen LogP contribution in [0.1, 0.15) is 11.4 Å². The minimum atomic E-state index is -2.27. The first kappa shape index (κ1) is 21.2. The van der Waals surface area contributed by atoms with Gasteiger partial charge < -0.3 is 9.11 Å². The molecule has 0 saturated carbocycles. The van der Waals surface area contributed by atoms with E-state index in [1.54, 1.807) is 30.3 Å². The molecule has 5 nitrogen and oxygen atoms in total. The third kappa shape index (κ3) is 5.76. The van der Waals surface area contributed by atoms with Crippen LogP contribution in [0.4, 0.5) is 0 Å². The molecule has 1 aromatic heterocycles. The summed E-state index contributed by atoms with van der Waals surface area (Å²) in [6, 6.07) is 19.6. The second-order valence-electron chi connectivity index (χ2n) is 5.57. The summed E-state index contributed by atoms with van der Waals surface area (Å²) < 4.78 is 43.4. The van der Waals surface area contributed by atoms with Crippen molar-refractivity contribution >= 4 is 45.7 Å². The molecule has 2 aromatic carbocycles. The normalized spacial score (nSPS) is 13.2. The molecule has 1 heterocycles. The highest BCUT2D eigenvalue weighted by molar-refractivity contribution is 7.99. The van der Waals surface area contributed by atoms with Gasteiger partial charge in [-0.3, -0.25) is 9.19 Å². The molecule has 0 aliphatic rings. The van der Waals surface area contributed by atoms with Crippen LogP contribution in [0, 0.1) is 0 Å². The van der Waals surface area contributed by atoms with Gasteiger partial charge in [0, 0.05) is 26.2 Å². The van der Waals surface area contributed by atoms with Crippen LogP contribution in [0.2, 0.25) is 0 Å². The number of rotatable bonds is 8.